The summed E-state index contributed by atoms with van der Waals surface area (Å²) in [6.45, 7) is 0. The Labute approximate surface area is 391 Å². The van der Waals surface area contributed by atoms with Gasteiger partial charge < -0.3 is 9.13 Å². The molecule has 5 nitrogen and oxygen atoms in total. The minimum absolute atomic E-state index is 0.603. The molecule has 0 N–H and O–H groups in total. The van der Waals surface area contributed by atoms with Gasteiger partial charge in [-0.05, 0) is 104 Å². The maximum atomic E-state index is 5.37. The smallest absolute Gasteiger partial charge is 0.164 e. The summed E-state index contributed by atoms with van der Waals surface area (Å²) in [7, 11) is 0. The Morgan fingerprint density at radius 3 is 1.25 bits per heavy atom. The minimum atomic E-state index is 0.603. The second-order valence-electron chi connectivity index (χ2n) is 17.6. The number of aromatic nitrogens is 5. The van der Waals surface area contributed by atoms with Gasteiger partial charge in [-0.1, -0.05) is 176 Å². The van der Waals surface area contributed by atoms with E-state index in [2.05, 4.69) is 246 Å². The molecular formula is C63H39N5. The van der Waals surface area contributed by atoms with Crippen LogP contribution in [0.15, 0.2) is 237 Å². The summed E-state index contributed by atoms with van der Waals surface area (Å²) < 4.78 is 4.70. The topological polar surface area (TPSA) is 48.5 Å². The fourth-order valence-electron chi connectivity index (χ4n) is 10.6. The molecule has 0 amide bonds. The van der Waals surface area contributed by atoms with Crippen LogP contribution < -0.4 is 0 Å². The summed E-state index contributed by atoms with van der Waals surface area (Å²) in [5, 5.41) is 12.0. The Morgan fingerprint density at radius 1 is 0.206 bits per heavy atom. The van der Waals surface area contributed by atoms with Crippen LogP contribution in [0.3, 0.4) is 0 Å². The van der Waals surface area contributed by atoms with Crippen LogP contribution in [0.25, 0.3) is 133 Å². The van der Waals surface area contributed by atoms with Gasteiger partial charge >= 0.3 is 0 Å². The van der Waals surface area contributed by atoms with Crippen LogP contribution in [0.4, 0.5) is 0 Å². The van der Waals surface area contributed by atoms with Crippen molar-refractivity contribution in [3.05, 3.63) is 237 Å². The lowest BCUT2D eigenvalue weighted by Crippen LogP contribution is -2.01. The van der Waals surface area contributed by atoms with Crippen molar-refractivity contribution in [2.45, 2.75) is 0 Å². The van der Waals surface area contributed by atoms with Crippen molar-refractivity contribution in [2.24, 2.45) is 0 Å². The molecule has 3 heterocycles. The summed E-state index contributed by atoms with van der Waals surface area (Å²) in [6.07, 6.45) is 0. The molecule has 0 unspecified atom stereocenters. The van der Waals surface area contributed by atoms with Crippen LogP contribution in [0.1, 0.15) is 0 Å². The molecular weight excluding hydrogens is 827 g/mol. The van der Waals surface area contributed by atoms with E-state index >= 15 is 0 Å². The largest absolute Gasteiger partial charge is 0.309 e. The Balaban J connectivity index is 0.987. The Bertz CT molecular complexity index is 4280. The molecule has 3 aromatic heterocycles. The zero-order valence-corrected chi connectivity index (χ0v) is 36.8. The molecule has 0 aliphatic carbocycles. The normalized spacial score (nSPS) is 11.8. The highest BCUT2D eigenvalue weighted by molar-refractivity contribution is 6.25. The van der Waals surface area contributed by atoms with E-state index < -0.39 is 0 Å². The average molecular weight is 866 g/mol. The molecule has 0 radical (unpaired) electrons. The van der Waals surface area contributed by atoms with Crippen LogP contribution in [-0.4, -0.2) is 24.1 Å². The van der Waals surface area contributed by atoms with Gasteiger partial charge in [-0.15, -0.1) is 0 Å². The number of para-hydroxylation sites is 3. The molecule has 0 spiro atoms. The van der Waals surface area contributed by atoms with Gasteiger partial charge in [0.15, 0.2) is 17.5 Å². The summed E-state index contributed by atoms with van der Waals surface area (Å²) in [5.41, 5.74) is 11.8. The van der Waals surface area contributed by atoms with E-state index in [-0.39, 0.29) is 0 Å². The molecule has 0 saturated heterocycles. The van der Waals surface area contributed by atoms with Crippen molar-refractivity contribution in [1.82, 2.24) is 24.1 Å². The molecule has 0 bridgehead atoms. The zero-order chi connectivity index (χ0) is 44.7. The molecule has 11 aromatic carbocycles. The molecule has 14 aromatic rings. The summed E-state index contributed by atoms with van der Waals surface area (Å²) in [4.78, 5) is 16.1. The Kier molecular flexibility index (Phi) is 8.52. The van der Waals surface area contributed by atoms with Crippen LogP contribution in [0.5, 0.6) is 0 Å². The predicted octanol–water partition coefficient (Wildman–Crippen LogP) is 16.2. The van der Waals surface area contributed by atoms with Crippen LogP contribution in [-0.2, 0) is 0 Å². The first-order chi connectivity index (χ1) is 33.7. The van der Waals surface area contributed by atoms with Crippen LogP contribution in [0.2, 0.25) is 0 Å². The van der Waals surface area contributed by atoms with Gasteiger partial charge in [0.2, 0.25) is 0 Å². The molecule has 316 valence electrons. The molecule has 0 fully saturated rings. The third-order valence-corrected chi connectivity index (χ3v) is 13.7. The first kappa shape index (κ1) is 38.1. The van der Waals surface area contributed by atoms with E-state index in [0.717, 1.165) is 55.5 Å². The van der Waals surface area contributed by atoms with Gasteiger partial charge in [0, 0.05) is 49.6 Å². The second-order valence-corrected chi connectivity index (χ2v) is 17.6. The van der Waals surface area contributed by atoms with Crippen molar-refractivity contribution in [2.75, 3.05) is 0 Å². The maximum Gasteiger partial charge on any atom is 0.164 e. The first-order valence-electron chi connectivity index (χ1n) is 23.1. The number of hydrogen-bond donors (Lipinski definition) is 0. The third-order valence-electron chi connectivity index (χ3n) is 13.7. The highest BCUT2D eigenvalue weighted by atomic mass is 15.0. The van der Waals surface area contributed by atoms with Crippen LogP contribution in [0, 0.1) is 0 Å². The van der Waals surface area contributed by atoms with Gasteiger partial charge in [0.05, 0.1) is 22.1 Å². The lowest BCUT2D eigenvalue weighted by molar-refractivity contribution is 1.07. The number of rotatable bonds is 6. The highest BCUT2D eigenvalue weighted by Crippen LogP contribution is 2.40. The minimum Gasteiger partial charge on any atom is -0.309 e. The quantitative estimate of drug-likeness (QED) is 0.156. The summed E-state index contributed by atoms with van der Waals surface area (Å²) >= 11 is 0. The van der Waals surface area contributed by atoms with Crippen molar-refractivity contribution in [1.29, 1.82) is 0 Å². The summed E-state index contributed by atoms with van der Waals surface area (Å²) in [6, 6.07) is 84.6. The van der Waals surface area contributed by atoms with Crippen molar-refractivity contribution in [3.8, 4) is 56.7 Å². The average Bonchev–Trinajstić information content (AvgIpc) is 3.93. The van der Waals surface area contributed by atoms with Crippen LogP contribution >= 0.6 is 0 Å². The highest BCUT2D eigenvalue weighted by Gasteiger charge is 2.20. The zero-order valence-electron chi connectivity index (χ0n) is 36.8. The maximum absolute atomic E-state index is 5.37. The molecule has 0 atom stereocenters. The summed E-state index contributed by atoms with van der Waals surface area (Å²) in [5.74, 6) is 1.82. The SMILES string of the molecule is c1ccc(-c2ccc3c(c2)c2ccccc2n3-c2cccc(-c3nc(-c4ccc5c6ccccc6c6ccccc6c5c4)nc(-c4ccc5c6ccccc6n(-c6ccccc6)c5c4)n3)c2)cc1. The first-order valence-corrected chi connectivity index (χ1v) is 23.1. The van der Waals surface area contributed by atoms with Gasteiger partial charge in [-0.3, -0.25) is 0 Å². The number of hydrogen-bond acceptors (Lipinski definition) is 3. The predicted molar refractivity (Wildman–Crippen MR) is 283 cm³/mol. The monoisotopic (exact) mass is 865 g/mol. The molecule has 0 saturated carbocycles. The lowest BCUT2D eigenvalue weighted by Gasteiger charge is -2.13. The van der Waals surface area contributed by atoms with Crippen molar-refractivity contribution in [3.63, 3.8) is 0 Å². The molecule has 14 rings (SSSR count). The standard InChI is InChI=1S/C63H39N5/c1-3-16-40(17-4-1)41-32-35-59-56(37-41)53-27-12-14-29-58(53)68(59)46-21-15-18-42(36-46)61-64-62(43-30-33-51-49-24-8-7-22-47(49)48-23-9-10-25-50(48)55(51)38-43)66-63(65-61)44-31-34-54-52-26-11-13-28-57(52)67(60(54)39-44)45-19-5-2-6-20-45/h1-39H. The number of nitrogens with zero attached hydrogens (tertiary/aromatic N) is 5. The van der Waals surface area contributed by atoms with E-state index in [1.54, 1.807) is 0 Å². The van der Waals surface area contributed by atoms with E-state index in [1.807, 2.05) is 0 Å². The van der Waals surface area contributed by atoms with Crippen molar-refractivity contribution >= 4 is 75.9 Å². The Morgan fingerprint density at radius 2 is 0.603 bits per heavy atom. The van der Waals surface area contributed by atoms with E-state index in [9.17, 15) is 0 Å². The van der Waals surface area contributed by atoms with Crippen molar-refractivity contribution < 1.29 is 0 Å². The van der Waals surface area contributed by atoms with E-state index in [1.165, 1.54) is 59.6 Å². The number of benzene rings is 11. The fourth-order valence-corrected chi connectivity index (χ4v) is 10.6. The number of fused-ring (bicyclic) bond motifs is 12. The molecule has 0 aliphatic heterocycles. The van der Waals surface area contributed by atoms with Gasteiger partial charge in [0.25, 0.3) is 0 Å². The van der Waals surface area contributed by atoms with Gasteiger partial charge in [0.1, 0.15) is 0 Å². The third kappa shape index (κ3) is 5.99. The van der Waals surface area contributed by atoms with Gasteiger partial charge in [-0.25, -0.2) is 15.0 Å². The second kappa shape index (κ2) is 15.2. The molecule has 5 heteroatoms. The Hall–Kier alpha value is -9.19. The molecule has 68 heavy (non-hydrogen) atoms. The molecule has 0 aliphatic rings. The fraction of sp³-hybridized carbons (Fsp3) is 0. The van der Waals surface area contributed by atoms with Gasteiger partial charge in [-0.2, -0.15) is 0 Å². The lowest BCUT2D eigenvalue weighted by atomic mass is 9.93. The van der Waals surface area contributed by atoms with E-state index in [0.29, 0.717) is 17.5 Å². The van der Waals surface area contributed by atoms with E-state index in [4.69, 9.17) is 15.0 Å².